The van der Waals surface area contributed by atoms with Crippen LogP contribution in [0.2, 0.25) is 0 Å². The van der Waals surface area contributed by atoms with Gasteiger partial charge in [-0.2, -0.15) is 9.40 Å². The number of carbonyl (C=O) groups is 1. The van der Waals surface area contributed by atoms with Gasteiger partial charge in [0.2, 0.25) is 10.0 Å². The third-order valence-corrected chi connectivity index (χ3v) is 5.28. The molecule has 1 aromatic carbocycles. The smallest absolute Gasteiger partial charge is 0.251 e. The van der Waals surface area contributed by atoms with Crippen LogP contribution in [-0.4, -0.2) is 41.2 Å². The van der Waals surface area contributed by atoms with Crippen LogP contribution in [0.3, 0.4) is 0 Å². The average Bonchev–Trinajstić information content (AvgIpc) is 2.82. The summed E-state index contributed by atoms with van der Waals surface area (Å²) in [6.07, 6.45) is 1.88. The van der Waals surface area contributed by atoms with E-state index in [1.165, 1.54) is 34.8 Å². The van der Waals surface area contributed by atoms with Gasteiger partial charge in [-0.05, 0) is 36.8 Å². The monoisotopic (exact) mass is 366 g/mol. The fraction of sp³-hybridized carbons (Fsp3) is 0.375. The zero-order valence-corrected chi connectivity index (χ0v) is 14.6. The summed E-state index contributed by atoms with van der Waals surface area (Å²) < 4.78 is 39.6. The number of hydrogen-bond donors (Lipinski definition) is 1. The van der Waals surface area contributed by atoms with E-state index in [2.05, 4.69) is 10.4 Å². The van der Waals surface area contributed by atoms with E-state index in [1.54, 1.807) is 10.7 Å². The molecule has 25 heavy (non-hydrogen) atoms. The summed E-state index contributed by atoms with van der Waals surface area (Å²) in [5.74, 6) is -0.717. The van der Waals surface area contributed by atoms with Crippen LogP contribution in [0.25, 0.3) is 0 Å². The summed E-state index contributed by atoms with van der Waals surface area (Å²) >= 11 is 0. The quantitative estimate of drug-likeness (QED) is 0.879. The van der Waals surface area contributed by atoms with Gasteiger partial charge in [0.1, 0.15) is 5.82 Å². The van der Waals surface area contributed by atoms with Gasteiger partial charge in [-0.3, -0.25) is 9.48 Å². The number of carbonyl (C=O) groups excluding carboxylic acids is 1. The first kappa shape index (κ1) is 17.6. The molecule has 1 N–H and O–H groups in total. The van der Waals surface area contributed by atoms with Crippen LogP contribution in [0, 0.1) is 5.82 Å². The molecule has 134 valence electrons. The Morgan fingerprint density at radius 3 is 2.68 bits per heavy atom. The van der Waals surface area contributed by atoms with Gasteiger partial charge in [0, 0.05) is 18.7 Å². The van der Waals surface area contributed by atoms with Crippen molar-refractivity contribution in [2.24, 2.45) is 0 Å². The summed E-state index contributed by atoms with van der Waals surface area (Å²) in [4.78, 5) is 12.1. The Morgan fingerprint density at radius 1 is 1.28 bits per heavy atom. The highest BCUT2D eigenvalue weighted by atomic mass is 32.2. The van der Waals surface area contributed by atoms with Crippen molar-refractivity contribution in [2.75, 3.05) is 12.8 Å². The largest absolute Gasteiger partial charge is 0.346 e. The maximum Gasteiger partial charge on any atom is 0.251 e. The molecular formula is C16H19FN4O3S. The van der Waals surface area contributed by atoms with Crippen molar-refractivity contribution in [2.45, 2.75) is 26.1 Å². The fourth-order valence-electron chi connectivity index (χ4n) is 2.74. The van der Waals surface area contributed by atoms with Crippen LogP contribution in [0.4, 0.5) is 4.39 Å². The van der Waals surface area contributed by atoms with Gasteiger partial charge in [0.15, 0.2) is 0 Å². The lowest BCUT2D eigenvalue weighted by Gasteiger charge is -2.16. The first-order valence-corrected chi connectivity index (χ1v) is 9.72. The molecule has 0 aliphatic carbocycles. The molecular weight excluding hydrogens is 347 g/mol. The van der Waals surface area contributed by atoms with Gasteiger partial charge in [-0.15, -0.1) is 0 Å². The van der Waals surface area contributed by atoms with Gasteiger partial charge in [-0.25, -0.2) is 12.8 Å². The van der Waals surface area contributed by atoms with E-state index < -0.39 is 15.8 Å². The minimum Gasteiger partial charge on any atom is -0.346 e. The Labute approximate surface area is 145 Å². The highest BCUT2D eigenvalue weighted by molar-refractivity contribution is 7.88. The van der Waals surface area contributed by atoms with Crippen LogP contribution in [0.1, 0.15) is 28.2 Å². The molecule has 1 aliphatic heterocycles. The van der Waals surface area contributed by atoms with Crippen LogP contribution >= 0.6 is 0 Å². The highest BCUT2D eigenvalue weighted by Crippen LogP contribution is 2.16. The first-order valence-electron chi connectivity index (χ1n) is 7.87. The average molecular weight is 366 g/mol. The summed E-state index contributed by atoms with van der Waals surface area (Å²) in [6, 6.07) is 7.09. The lowest BCUT2D eigenvalue weighted by Crippen LogP contribution is -2.29. The number of aromatic nitrogens is 2. The lowest BCUT2D eigenvalue weighted by atomic mass is 10.2. The molecule has 0 unspecified atom stereocenters. The minimum absolute atomic E-state index is 0.217. The van der Waals surface area contributed by atoms with E-state index in [4.69, 9.17) is 0 Å². The molecule has 0 bridgehead atoms. The molecule has 0 radical (unpaired) electrons. The van der Waals surface area contributed by atoms with Crippen LogP contribution in [-0.2, 0) is 29.7 Å². The number of sulfonamides is 1. The van der Waals surface area contributed by atoms with E-state index in [1.807, 2.05) is 0 Å². The topological polar surface area (TPSA) is 84.3 Å². The van der Waals surface area contributed by atoms with E-state index in [-0.39, 0.29) is 19.0 Å². The van der Waals surface area contributed by atoms with Crippen LogP contribution in [0.15, 0.2) is 30.3 Å². The number of hydrogen-bond acceptors (Lipinski definition) is 4. The maximum atomic E-state index is 12.9. The Kier molecular flexibility index (Phi) is 4.87. The normalized spacial score (nSPS) is 15.4. The van der Waals surface area contributed by atoms with Crippen molar-refractivity contribution in [3.05, 3.63) is 53.1 Å². The van der Waals surface area contributed by atoms with Gasteiger partial charge >= 0.3 is 0 Å². The first-order chi connectivity index (χ1) is 11.8. The molecule has 2 heterocycles. The number of nitrogens with one attached hydrogen (secondary N) is 1. The molecule has 2 aromatic rings. The predicted octanol–water partition coefficient (Wildman–Crippen LogP) is 1.12. The fourth-order valence-corrected chi connectivity index (χ4v) is 3.56. The standard InChI is InChI=1S/C16H19FN4O3S/c1-25(23,24)20-7-2-8-21-15(11-20)9-14(19-21)10-18-16(22)12-3-5-13(17)6-4-12/h3-6,9H,2,7-8,10-11H2,1H3,(H,18,22). The molecule has 0 saturated heterocycles. The third-order valence-electron chi connectivity index (χ3n) is 4.04. The Bertz CT molecular complexity index is 877. The van der Waals surface area contributed by atoms with Crippen molar-refractivity contribution in [3.8, 4) is 0 Å². The maximum absolute atomic E-state index is 12.9. The van der Waals surface area contributed by atoms with Gasteiger partial charge in [-0.1, -0.05) is 0 Å². The van der Waals surface area contributed by atoms with E-state index in [0.717, 1.165) is 5.69 Å². The van der Waals surface area contributed by atoms with E-state index in [9.17, 15) is 17.6 Å². The minimum atomic E-state index is -3.26. The Morgan fingerprint density at radius 2 is 2.00 bits per heavy atom. The number of benzene rings is 1. The summed E-state index contributed by atoms with van der Waals surface area (Å²) in [7, 11) is -3.26. The molecule has 1 amide bonds. The van der Waals surface area contributed by atoms with Crippen molar-refractivity contribution >= 4 is 15.9 Å². The number of fused-ring (bicyclic) bond motifs is 1. The van der Waals surface area contributed by atoms with Crippen molar-refractivity contribution in [1.82, 2.24) is 19.4 Å². The second kappa shape index (κ2) is 6.93. The molecule has 9 heteroatoms. The molecule has 0 saturated carbocycles. The van der Waals surface area contributed by atoms with Gasteiger partial charge in [0.25, 0.3) is 5.91 Å². The second-order valence-electron chi connectivity index (χ2n) is 5.99. The lowest BCUT2D eigenvalue weighted by molar-refractivity contribution is 0.0950. The molecule has 1 aromatic heterocycles. The molecule has 1 aliphatic rings. The van der Waals surface area contributed by atoms with Crippen molar-refractivity contribution in [3.63, 3.8) is 0 Å². The number of nitrogens with zero attached hydrogens (tertiary/aromatic N) is 3. The molecule has 0 atom stereocenters. The highest BCUT2D eigenvalue weighted by Gasteiger charge is 2.22. The second-order valence-corrected chi connectivity index (χ2v) is 7.97. The molecule has 0 fully saturated rings. The summed E-state index contributed by atoms with van der Waals surface area (Å²) in [6.45, 7) is 1.60. The number of rotatable bonds is 4. The molecule has 3 rings (SSSR count). The zero-order chi connectivity index (χ0) is 18.0. The summed E-state index contributed by atoms with van der Waals surface area (Å²) in [5, 5.41) is 7.16. The van der Waals surface area contributed by atoms with Crippen molar-refractivity contribution in [1.29, 1.82) is 0 Å². The summed E-state index contributed by atoms with van der Waals surface area (Å²) in [5.41, 5.74) is 1.82. The molecule has 0 spiro atoms. The third kappa shape index (κ3) is 4.23. The molecule has 7 nitrogen and oxygen atoms in total. The van der Waals surface area contributed by atoms with Gasteiger partial charge in [0.05, 0.1) is 30.7 Å². The number of amides is 1. The van der Waals surface area contributed by atoms with Crippen LogP contribution < -0.4 is 5.32 Å². The zero-order valence-electron chi connectivity index (χ0n) is 13.8. The number of aryl methyl sites for hydroxylation is 1. The number of halogens is 1. The Balaban J connectivity index is 1.67. The SMILES string of the molecule is CS(=O)(=O)N1CCCn2nc(CNC(=O)c3ccc(F)cc3)cc2C1. The van der Waals surface area contributed by atoms with Gasteiger partial charge < -0.3 is 5.32 Å². The predicted molar refractivity (Wildman–Crippen MR) is 89.7 cm³/mol. The Hall–Kier alpha value is -2.26. The van der Waals surface area contributed by atoms with Crippen molar-refractivity contribution < 1.29 is 17.6 Å². The van der Waals surface area contributed by atoms with E-state index in [0.29, 0.717) is 30.8 Å². The van der Waals surface area contributed by atoms with Crippen LogP contribution in [0.5, 0.6) is 0 Å². The van der Waals surface area contributed by atoms with E-state index >= 15 is 0 Å².